The van der Waals surface area contributed by atoms with Crippen LogP contribution in [0.15, 0.2) is 42.5 Å². The van der Waals surface area contributed by atoms with Crippen LogP contribution in [0.2, 0.25) is 5.02 Å². The summed E-state index contributed by atoms with van der Waals surface area (Å²) in [7, 11) is -2.02. The number of carbonyl (C=O) groups is 2. The van der Waals surface area contributed by atoms with Gasteiger partial charge in [0.15, 0.2) is 0 Å². The summed E-state index contributed by atoms with van der Waals surface area (Å²) in [5.74, 6) is 0.304. The number of benzene rings is 2. The molecule has 0 heterocycles. The summed E-state index contributed by atoms with van der Waals surface area (Å²) in [6, 6.07) is 11.8. The number of nitrogens with one attached hydrogen (secondary N) is 1. The summed E-state index contributed by atoms with van der Waals surface area (Å²) in [5.41, 5.74) is 2.12. The fourth-order valence-electron chi connectivity index (χ4n) is 4.19. The molecule has 0 saturated carbocycles. The van der Waals surface area contributed by atoms with Crippen molar-refractivity contribution in [3.05, 3.63) is 58.6 Å². The van der Waals surface area contributed by atoms with Crippen molar-refractivity contribution in [3.63, 3.8) is 0 Å². The Morgan fingerprint density at radius 2 is 1.76 bits per heavy atom. The van der Waals surface area contributed by atoms with Gasteiger partial charge >= 0.3 is 0 Å². The van der Waals surface area contributed by atoms with Crippen LogP contribution < -0.4 is 14.4 Å². The van der Waals surface area contributed by atoms with Gasteiger partial charge in [-0.25, -0.2) is 8.42 Å². The van der Waals surface area contributed by atoms with Gasteiger partial charge in [-0.05, 0) is 61.6 Å². The SMILES string of the molecule is CCCCNC(=O)C(CC)N(Cc1ccc(OC)cc1)C(=O)CCCN(c1cc(Cl)ccc1C)S(C)(=O)=O. The molecule has 0 aliphatic heterocycles. The maximum atomic E-state index is 13.5. The minimum Gasteiger partial charge on any atom is -0.497 e. The van der Waals surface area contributed by atoms with Gasteiger partial charge in [0.1, 0.15) is 11.8 Å². The second kappa shape index (κ2) is 15.0. The maximum Gasteiger partial charge on any atom is 0.242 e. The van der Waals surface area contributed by atoms with Crippen molar-refractivity contribution in [1.82, 2.24) is 10.2 Å². The standard InChI is InChI=1S/C28H40ClN3O5S/c1-6-8-17-30-28(34)25(7-2)31(20-22-12-15-24(37-4)16-13-22)27(33)10-9-18-32(38(5,35)36)26-19-23(29)14-11-21(26)3/h11-16,19,25H,6-10,17-18,20H2,1-5H3,(H,30,34). The van der Waals surface area contributed by atoms with Crippen LogP contribution in [-0.2, 0) is 26.2 Å². The summed E-state index contributed by atoms with van der Waals surface area (Å²) in [4.78, 5) is 28.2. The summed E-state index contributed by atoms with van der Waals surface area (Å²) < 4.78 is 31.7. The molecule has 0 bridgehead atoms. The minimum absolute atomic E-state index is 0.0839. The Kier molecular flexibility index (Phi) is 12.4. The Labute approximate surface area is 232 Å². The monoisotopic (exact) mass is 565 g/mol. The van der Waals surface area contributed by atoms with Crippen molar-refractivity contribution in [2.24, 2.45) is 0 Å². The Hall–Kier alpha value is -2.78. The maximum absolute atomic E-state index is 13.5. The fourth-order valence-corrected chi connectivity index (χ4v) is 5.37. The molecule has 0 aliphatic carbocycles. The lowest BCUT2D eigenvalue weighted by Gasteiger charge is -2.31. The molecule has 38 heavy (non-hydrogen) atoms. The zero-order valence-corrected chi connectivity index (χ0v) is 24.6. The molecule has 0 fully saturated rings. The Bertz CT molecular complexity index is 1170. The van der Waals surface area contributed by atoms with Crippen molar-refractivity contribution in [2.45, 2.75) is 65.5 Å². The zero-order valence-electron chi connectivity index (χ0n) is 23.0. The Morgan fingerprint density at radius 3 is 2.34 bits per heavy atom. The second-order valence-electron chi connectivity index (χ2n) is 9.31. The summed E-state index contributed by atoms with van der Waals surface area (Å²) in [6.45, 7) is 6.67. The topological polar surface area (TPSA) is 96.0 Å². The van der Waals surface area contributed by atoms with Gasteiger partial charge in [0, 0.05) is 31.1 Å². The first-order valence-corrected chi connectivity index (χ1v) is 15.2. The predicted molar refractivity (Wildman–Crippen MR) is 153 cm³/mol. The molecule has 210 valence electrons. The number of unbranched alkanes of at least 4 members (excludes halogenated alkanes) is 1. The third-order valence-corrected chi connectivity index (χ3v) is 7.73. The largest absolute Gasteiger partial charge is 0.497 e. The van der Waals surface area contributed by atoms with Crippen molar-refractivity contribution in [2.75, 3.05) is 30.8 Å². The first-order chi connectivity index (χ1) is 18.0. The summed E-state index contributed by atoms with van der Waals surface area (Å²) >= 11 is 6.13. The van der Waals surface area contributed by atoms with Gasteiger partial charge < -0.3 is 15.0 Å². The van der Waals surface area contributed by atoms with Crippen LogP contribution in [0, 0.1) is 6.92 Å². The number of halogens is 1. The molecule has 0 saturated heterocycles. The van der Waals surface area contributed by atoms with E-state index in [2.05, 4.69) is 5.32 Å². The fraction of sp³-hybridized carbons (Fsp3) is 0.500. The molecule has 8 nitrogen and oxygen atoms in total. The van der Waals surface area contributed by atoms with Gasteiger partial charge in [-0.2, -0.15) is 0 Å². The van der Waals surface area contributed by atoms with Crippen LogP contribution in [0.1, 0.15) is 57.1 Å². The molecule has 0 radical (unpaired) electrons. The highest BCUT2D eigenvalue weighted by Gasteiger charge is 2.29. The number of amides is 2. The highest BCUT2D eigenvalue weighted by Crippen LogP contribution is 2.27. The zero-order chi connectivity index (χ0) is 28.3. The molecule has 0 aliphatic rings. The van der Waals surface area contributed by atoms with Crippen LogP contribution in [0.5, 0.6) is 5.75 Å². The van der Waals surface area contributed by atoms with Gasteiger partial charge in [0.25, 0.3) is 0 Å². The van der Waals surface area contributed by atoms with Crippen LogP contribution in [-0.4, -0.2) is 57.6 Å². The van der Waals surface area contributed by atoms with Gasteiger partial charge in [0.05, 0.1) is 19.1 Å². The third kappa shape index (κ3) is 9.20. The van der Waals surface area contributed by atoms with E-state index in [4.69, 9.17) is 16.3 Å². The first kappa shape index (κ1) is 31.4. The van der Waals surface area contributed by atoms with E-state index in [1.807, 2.05) is 45.0 Å². The quantitative estimate of drug-likeness (QED) is 0.309. The van der Waals surface area contributed by atoms with Crippen molar-refractivity contribution in [3.8, 4) is 5.75 Å². The van der Waals surface area contributed by atoms with E-state index in [0.29, 0.717) is 29.4 Å². The van der Waals surface area contributed by atoms with Gasteiger partial charge in [-0.1, -0.05) is 50.1 Å². The van der Waals surface area contributed by atoms with Gasteiger partial charge in [0.2, 0.25) is 21.8 Å². The first-order valence-electron chi connectivity index (χ1n) is 13.0. The molecule has 2 amide bonds. The van der Waals surface area contributed by atoms with Crippen LogP contribution >= 0.6 is 11.6 Å². The van der Waals surface area contributed by atoms with E-state index >= 15 is 0 Å². The molecule has 2 aromatic rings. The number of nitrogens with zero attached hydrogens (tertiary/aromatic N) is 2. The number of methoxy groups -OCH3 is 1. The number of carbonyl (C=O) groups excluding carboxylic acids is 2. The van der Waals surface area contributed by atoms with E-state index < -0.39 is 16.1 Å². The molecule has 1 unspecified atom stereocenters. The van der Waals surface area contributed by atoms with Crippen LogP contribution in [0.25, 0.3) is 0 Å². The molecule has 1 atom stereocenters. The highest BCUT2D eigenvalue weighted by molar-refractivity contribution is 7.92. The highest BCUT2D eigenvalue weighted by atomic mass is 35.5. The Morgan fingerprint density at radius 1 is 1.08 bits per heavy atom. The summed E-state index contributed by atoms with van der Waals surface area (Å²) in [6.07, 6.45) is 3.77. The number of hydrogen-bond acceptors (Lipinski definition) is 5. The molecule has 0 spiro atoms. The number of anilines is 1. The third-order valence-electron chi connectivity index (χ3n) is 6.32. The van der Waals surface area contributed by atoms with E-state index in [1.165, 1.54) is 4.31 Å². The molecular formula is C28H40ClN3O5S. The number of aryl methyl sites for hydroxylation is 1. The average Bonchev–Trinajstić information content (AvgIpc) is 2.87. The molecule has 1 N–H and O–H groups in total. The van der Waals surface area contributed by atoms with Crippen LogP contribution in [0.4, 0.5) is 5.69 Å². The molecule has 0 aromatic heterocycles. The normalized spacial score (nSPS) is 12.1. The van der Waals surface area contributed by atoms with Crippen LogP contribution in [0.3, 0.4) is 0 Å². The second-order valence-corrected chi connectivity index (χ2v) is 11.7. The minimum atomic E-state index is -3.60. The molecule has 2 aromatic carbocycles. The van der Waals surface area contributed by atoms with E-state index in [1.54, 1.807) is 30.2 Å². The van der Waals surface area contributed by atoms with E-state index in [0.717, 1.165) is 30.2 Å². The molecule has 2 rings (SSSR count). The lowest BCUT2D eigenvalue weighted by molar-refractivity contribution is -0.141. The van der Waals surface area contributed by atoms with Crippen molar-refractivity contribution < 1.29 is 22.7 Å². The van der Waals surface area contributed by atoms with E-state index in [-0.39, 0.29) is 37.7 Å². The number of hydrogen-bond donors (Lipinski definition) is 1. The Balaban J connectivity index is 2.23. The number of rotatable bonds is 15. The molecular weight excluding hydrogens is 526 g/mol. The van der Waals surface area contributed by atoms with E-state index in [9.17, 15) is 18.0 Å². The molecule has 10 heteroatoms. The van der Waals surface area contributed by atoms with Crippen molar-refractivity contribution >= 4 is 39.1 Å². The smallest absolute Gasteiger partial charge is 0.242 e. The lowest BCUT2D eigenvalue weighted by atomic mass is 10.1. The number of ether oxygens (including phenoxy) is 1. The number of sulfonamides is 1. The van der Waals surface area contributed by atoms with Gasteiger partial charge in [-0.3, -0.25) is 13.9 Å². The predicted octanol–water partition coefficient (Wildman–Crippen LogP) is 4.93. The van der Waals surface area contributed by atoms with Gasteiger partial charge in [-0.15, -0.1) is 0 Å². The lowest BCUT2D eigenvalue weighted by Crippen LogP contribution is -2.49. The van der Waals surface area contributed by atoms with Crippen molar-refractivity contribution in [1.29, 1.82) is 0 Å². The average molecular weight is 566 g/mol. The summed E-state index contributed by atoms with van der Waals surface area (Å²) in [5, 5.41) is 3.38.